The second-order valence-electron chi connectivity index (χ2n) is 15.0. The highest BCUT2D eigenvalue weighted by Gasteiger charge is 2.32. The average molecular weight is 677 g/mol. The lowest BCUT2D eigenvalue weighted by molar-refractivity contribution is -0.256. The number of benzene rings is 2. The van der Waals surface area contributed by atoms with Crippen molar-refractivity contribution >= 4 is 46.4 Å². The topological polar surface area (TPSA) is 134 Å². The minimum atomic E-state index is -0.549. The summed E-state index contributed by atoms with van der Waals surface area (Å²) in [5, 5.41) is 9.55. The molecule has 0 aliphatic carbocycles. The van der Waals surface area contributed by atoms with Crippen LogP contribution in [0.2, 0.25) is 0 Å². The quantitative estimate of drug-likeness (QED) is 0.281. The third kappa shape index (κ3) is 10.0. The fraction of sp³-hybridized carbons (Fsp3) is 0.568. The van der Waals surface area contributed by atoms with Crippen molar-refractivity contribution in [1.82, 2.24) is 9.80 Å². The number of nitrogens with one attached hydrogen (secondary N) is 3. The summed E-state index contributed by atoms with van der Waals surface area (Å²) >= 11 is 0. The van der Waals surface area contributed by atoms with Gasteiger partial charge in [0, 0.05) is 56.5 Å². The maximum atomic E-state index is 13.1. The van der Waals surface area contributed by atoms with Gasteiger partial charge in [0.15, 0.2) is 0 Å². The van der Waals surface area contributed by atoms with Gasteiger partial charge in [-0.25, -0.2) is 9.79 Å². The molecule has 0 radical (unpaired) electrons. The van der Waals surface area contributed by atoms with Crippen molar-refractivity contribution in [2.24, 2.45) is 16.8 Å². The third-order valence-corrected chi connectivity index (χ3v) is 8.82. The Morgan fingerprint density at radius 2 is 1.39 bits per heavy atom. The van der Waals surface area contributed by atoms with Crippen LogP contribution >= 0.6 is 0 Å². The summed E-state index contributed by atoms with van der Waals surface area (Å²) in [4.78, 5) is 47.3. The fourth-order valence-electron chi connectivity index (χ4n) is 6.21. The molecule has 1 atom stereocenters. The molecule has 3 aliphatic heterocycles. The maximum Gasteiger partial charge on any atom is 0.410 e. The number of methoxy groups -OCH3 is 1. The van der Waals surface area contributed by atoms with Crippen molar-refractivity contribution in [2.45, 2.75) is 84.8 Å². The van der Waals surface area contributed by atoms with E-state index in [9.17, 15) is 14.4 Å². The summed E-state index contributed by atoms with van der Waals surface area (Å²) in [6, 6.07) is 13.4. The van der Waals surface area contributed by atoms with Gasteiger partial charge in [0.05, 0.1) is 29.2 Å². The first-order valence-electron chi connectivity index (χ1n) is 17.3. The number of amides is 3. The predicted molar refractivity (Wildman–Crippen MR) is 191 cm³/mol. The molecular formula is C37H52N6O6. The first-order valence-corrected chi connectivity index (χ1v) is 17.3. The van der Waals surface area contributed by atoms with Crippen molar-refractivity contribution in [1.29, 1.82) is 0 Å². The summed E-state index contributed by atoms with van der Waals surface area (Å²) in [7, 11) is 1.65. The molecule has 49 heavy (non-hydrogen) atoms. The van der Waals surface area contributed by atoms with Crippen LogP contribution in [0, 0.1) is 11.8 Å². The number of ether oxygens (including phenoxy) is 3. The summed E-state index contributed by atoms with van der Waals surface area (Å²) in [5.74, 6) is -0.304. The zero-order valence-corrected chi connectivity index (χ0v) is 29.9. The van der Waals surface area contributed by atoms with E-state index in [1.165, 1.54) is 0 Å². The number of carbonyl (C=O) groups is 3. The van der Waals surface area contributed by atoms with Crippen LogP contribution in [0.4, 0.5) is 27.5 Å². The van der Waals surface area contributed by atoms with Gasteiger partial charge < -0.3 is 35.1 Å². The van der Waals surface area contributed by atoms with E-state index in [4.69, 9.17) is 19.2 Å². The van der Waals surface area contributed by atoms with Crippen LogP contribution < -0.4 is 16.0 Å². The highest BCUT2D eigenvalue weighted by Crippen LogP contribution is 2.33. The van der Waals surface area contributed by atoms with Gasteiger partial charge in [-0.1, -0.05) is 12.1 Å². The molecule has 2 fully saturated rings. The van der Waals surface area contributed by atoms with E-state index in [1.54, 1.807) is 12.0 Å². The van der Waals surface area contributed by atoms with E-state index < -0.39 is 12.0 Å². The lowest BCUT2D eigenvalue weighted by Crippen LogP contribution is -2.48. The van der Waals surface area contributed by atoms with Crippen LogP contribution in [0.3, 0.4) is 0 Å². The number of rotatable bonds is 8. The molecule has 2 aromatic rings. The largest absolute Gasteiger partial charge is 0.444 e. The first kappa shape index (κ1) is 36.3. The Balaban J connectivity index is 1.13. The van der Waals surface area contributed by atoms with Gasteiger partial charge in [-0.15, -0.1) is 0 Å². The maximum absolute atomic E-state index is 13.1. The highest BCUT2D eigenvalue weighted by molar-refractivity contribution is 6.08. The zero-order valence-electron chi connectivity index (χ0n) is 29.9. The molecule has 1 unspecified atom stereocenters. The summed E-state index contributed by atoms with van der Waals surface area (Å²) in [6.45, 7) is 14.5. The van der Waals surface area contributed by atoms with Crippen molar-refractivity contribution in [2.75, 3.05) is 55.8 Å². The molecule has 266 valence electrons. The first-order chi connectivity index (χ1) is 23.2. The van der Waals surface area contributed by atoms with E-state index in [1.807, 2.05) is 84.0 Å². The molecule has 5 rings (SSSR count). The number of hydrogen-bond acceptors (Lipinski definition) is 9. The number of aliphatic imine (C=N–C) groups is 1. The fourth-order valence-corrected chi connectivity index (χ4v) is 6.21. The molecule has 0 saturated carbocycles. The Hall–Kier alpha value is -4.00. The van der Waals surface area contributed by atoms with Gasteiger partial charge >= 0.3 is 6.09 Å². The molecule has 12 nitrogen and oxygen atoms in total. The monoisotopic (exact) mass is 676 g/mol. The predicted octanol–water partition coefficient (Wildman–Crippen LogP) is 6.21. The van der Waals surface area contributed by atoms with Gasteiger partial charge in [-0.05, 0) is 103 Å². The molecule has 3 amide bonds. The SMILES string of the molecule is COC(OC(C)(C)C)N1CCC(C(=O)Nc2ccc(C3=Nc4cc(NC(=O)C5CCN(C(=O)OC(C)(C)C)CC5)ccc4NC3)cc2)CC1. The highest BCUT2D eigenvalue weighted by atomic mass is 16.7. The average Bonchev–Trinajstić information content (AvgIpc) is 3.06. The Morgan fingerprint density at radius 3 is 1.96 bits per heavy atom. The number of carbonyl (C=O) groups excluding carboxylic acids is 3. The zero-order chi connectivity index (χ0) is 35.3. The molecule has 2 saturated heterocycles. The minimum Gasteiger partial charge on any atom is -0.444 e. The van der Waals surface area contributed by atoms with E-state index >= 15 is 0 Å². The number of piperidine rings is 2. The molecule has 3 heterocycles. The molecule has 12 heteroatoms. The van der Waals surface area contributed by atoms with E-state index in [2.05, 4.69) is 20.9 Å². The third-order valence-electron chi connectivity index (χ3n) is 8.82. The van der Waals surface area contributed by atoms with E-state index in [-0.39, 0.29) is 35.3 Å². The second kappa shape index (κ2) is 15.3. The van der Waals surface area contributed by atoms with Gasteiger partial charge in [0.1, 0.15) is 5.60 Å². The molecule has 2 aromatic carbocycles. The van der Waals surface area contributed by atoms with Crippen LogP contribution in [-0.4, -0.2) is 90.9 Å². The summed E-state index contributed by atoms with van der Waals surface area (Å²) < 4.78 is 17.1. The summed E-state index contributed by atoms with van der Waals surface area (Å²) in [5.41, 5.74) is 3.99. The van der Waals surface area contributed by atoms with Crippen molar-refractivity contribution in [3.05, 3.63) is 48.0 Å². The van der Waals surface area contributed by atoms with E-state index in [0.29, 0.717) is 38.2 Å². The molecule has 3 aliphatic rings. The Kier molecular flexibility index (Phi) is 11.3. The van der Waals surface area contributed by atoms with Crippen molar-refractivity contribution in [3.8, 4) is 0 Å². The Morgan fingerprint density at radius 1 is 0.816 bits per heavy atom. The smallest absolute Gasteiger partial charge is 0.410 e. The molecule has 0 bridgehead atoms. The van der Waals surface area contributed by atoms with Crippen molar-refractivity contribution in [3.63, 3.8) is 0 Å². The molecule has 0 spiro atoms. The van der Waals surface area contributed by atoms with Gasteiger partial charge in [-0.3, -0.25) is 14.5 Å². The number of hydrogen-bond donors (Lipinski definition) is 3. The number of likely N-dealkylation sites (tertiary alicyclic amines) is 2. The Bertz CT molecular complexity index is 1510. The van der Waals surface area contributed by atoms with E-state index in [0.717, 1.165) is 54.3 Å². The lowest BCUT2D eigenvalue weighted by Gasteiger charge is -2.38. The van der Waals surface area contributed by atoms with Gasteiger partial charge in [-0.2, -0.15) is 0 Å². The summed E-state index contributed by atoms with van der Waals surface area (Å²) in [6.07, 6.45) is 1.86. The van der Waals surface area contributed by atoms with Gasteiger partial charge in [0.25, 0.3) is 0 Å². The lowest BCUT2D eigenvalue weighted by atomic mass is 9.96. The van der Waals surface area contributed by atoms with Crippen LogP contribution in [0.5, 0.6) is 0 Å². The second-order valence-corrected chi connectivity index (χ2v) is 15.0. The van der Waals surface area contributed by atoms with Crippen LogP contribution in [0.1, 0.15) is 72.8 Å². The minimum absolute atomic E-state index is 0.0203. The molecule has 0 aromatic heterocycles. The normalized spacial score (nSPS) is 18.5. The molecule has 3 N–H and O–H groups in total. The molecular weight excluding hydrogens is 624 g/mol. The van der Waals surface area contributed by atoms with Crippen molar-refractivity contribution < 1.29 is 28.6 Å². The number of anilines is 3. The number of nitrogens with zero attached hydrogens (tertiary/aromatic N) is 3. The van der Waals surface area contributed by atoms with Crippen LogP contribution in [-0.2, 0) is 23.8 Å². The Labute approximate surface area is 289 Å². The number of fused-ring (bicyclic) bond motifs is 1. The standard InChI is InChI=1S/C37H52N6O6/c1-36(2,3)48-34(46)42-18-14-25(15-19-42)33(45)40-28-12-13-29-30(22-28)41-31(23-38-29)24-8-10-27(11-9-24)39-32(44)26-16-20-43(21-17-26)35(47-7)49-37(4,5)6/h8-13,22,25-26,35,38H,14-21,23H2,1-7H3,(H,39,44)(H,40,45). The van der Waals surface area contributed by atoms with Crippen LogP contribution in [0.15, 0.2) is 47.5 Å². The van der Waals surface area contributed by atoms with Crippen LogP contribution in [0.25, 0.3) is 0 Å². The van der Waals surface area contributed by atoms with Gasteiger partial charge in [0.2, 0.25) is 18.2 Å².